The van der Waals surface area contributed by atoms with E-state index in [9.17, 15) is 9.59 Å². The molecule has 0 spiro atoms. The molecule has 148 valence electrons. The zero-order valence-corrected chi connectivity index (χ0v) is 16.2. The highest BCUT2D eigenvalue weighted by atomic mass is 35.5. The van der Waals surface area contributed by atoms with Gasteiger partial charge in [0.1, 0.15) is 0 Å². The minimum atomic E-state index is -0.309. The van der Waals surface area contributed by atoms with Gasteiger partial charge in [-0.05, 0) is 36.4 Å². The van der Waals surface area contributed by atoms with Gasteiger partial charge in [-0.2, -0.15) is 0 Å². The minimum absolute atomic E-state index is 0.107. The lowest BCUT2D eigenvalue weighted by molar-refractivity contribution is -0.137. The molecule has 0 aromatic heterocycles. The van der Waals surface area contributed by atoms with Crippen LogP contribution in [-0.2, 0) is 9.53 Å². The summed E-state index contributed by atoms with van der Waals surface area (Å²) in [6.45, 7) is 2.07. The summed E-state index contributed by atoms with van der Waals surface area (Å²) in [7, 11) is 1.48. The van der Waals surface area contributed by atoms with Crippen molar-refractivity contribution in [3.05, 3.63) is 53.1 Å². The molecule has 0 saturated carbocycles. The van der Waals surface area contributed by atoms with Crippen LogP contribution < -0.4 is 14.8 Å². The number of carbonyl (C=O) groups excluding carboxylic acids is 2. The minimum Gasteiger partial charge on any atom is -0.493 e. The number of methoxy groups -OCH3 is 1. The Bertz CT molecular complexity index is 852. The molecule has 0 atom stereocenters. The van der Waals surface area contributed by atoms with Crippen LogP contribution in [0, 0.1) is 0 Å². The van der Waals surface area contributed by atoms with E-state index in [0.29, 0.717) is 54.1 Å². The van der Waals surface area contributed by atoms with Crippen molar-refractivity contribution in [3.63, 3.8) is 0 Å². The van der Waals surface area contributed by atoms with Gasteiger partial charge in [-0.1, -0.05) is 17.7 Å². The third kappa shape index (κ3) is 5.15. The largest absolute Gasteiger partial charge is 0.493 e. The van der Waals surface area contributed by atoms with Gasteiger partial charge in [-0.3, -0.25) is 9.59 Å². The molecule has 28 heavy (non-hydrogen) atoms. The number of carbonyl (C=O) groups is 2. The molecule has 0 radical (unpaired) electrons. The lowest BCUT2D eigenvalue weighted by Crippen LogP contribution is -2.43. The van der Waals surface area contributed by atoms with Crippen molar-refractivity contribution >= 4 is 29.1 Å². The number of hydrogen-bond donors (Lipinski definition) is 1. The van der Waals surface area contributed by atoms with Gasteiger partial charge in [-0.15, -0.1) is 0 Å². The Kier molecular flexibility index (Phi) is 6.73. The van der Waals surface area contributed by atoms with E-state index < -0.39 is 0 Å². The van der Waals surface area contributed by atoms with Crippen LogP contribution in [0.3, 0.4) is 0 Å². The summed E-state index contributed by atoms with van der Waals surface area (Å²) in [5, 5.41) is 3.30. The summed E-state index contributed by atoms with van der Waals surface area (Å²) in [5.41, 5.74) is 0.983. The van der Waals surface area contributed by atoms with Crippen LogP contribution in [0.4, 0.5) is 5.69 Å². The van der Waals surface area contributed by atoms with Crippen LogP contribution in [0.2, 0.25) is 5.02 Å². The monoisotopic (exact) mass is 404 g/mol. The first-order valence-electron chi connectivity index (χ1n) is 8.80. The molecule has 0 aliphatic carbocycles. The summed E-state index contributed by atoms with van der Waals surface area (Å²) in [6, 6.07) is 11.7. The average Bonchev–Trinajstić information content (AvgIpc) is 2.72. The topological polar surface area (TPSA) is 77.1 Å². The van der Waals surface area contributed by atoms with Crippen LogP contribution in [0.15, 0.2) is 42.5 Å². The average molecular weight is 405 g/mol. The number of nitrogens with one attached hydrogen (secondary N) is 1. The predicted molar refractivity (Wildman–Crippen MR) is 105 cm³/mol. The lowest BCUT2D eigenvalue weighted by Gasteiger charge is -2.26. The second kappa shape index (κ2) is 9.43. The number of nitrogens with zero attached hydrogens (tertiary/aromatic N) is 1. The molecule has 1 aliphatic heterocycles. The molecule has 0 bridgehead atoms. The van der Waals surface area contributed by atoms with Gasteiger partial charge < -0.3 is 24.4 Å². The fraction of sp³-hybridized carbons (Fsp3) is 0.300. The van der Waals surface area contributed by atoms with Crippen molar-refractivity contribution in [2.75, 3.05) is 45.3 Å². The number of morpholine rings is 1. The maximum Gasteiger partial charge on any atom is 0.260 e. The Hall–Kier alpha value is -2.77. The van der Waals surface area contributed by atoms with Crippen LogP contribution in [0.1, 0.15) is 10.4 Å². The summed E-state index contributed by atoms with van der Waals surface area (Å²) in [4.78, 5) is 26.4. The van der Waals surface area contributed by atoms with Gasteiger partial charge in [0.25, 0.3) is 11.8 Å². The Labute approximate surface area is 168 Å². The molecule has 0 unspecified atom stereocenters. The molecule has 2 aromatic rings. The third-order valence-electron chi connectivity index (χ3n) is 4.22. The summed E-state index contributed by atoms with van der Waals surface area (Å²) in [6.07, 6.45) is 0. The Morgan fingerprint density at radius 1 is 1.14 bits per heavy atom. The molecule has 7 nitrogen and oxygen atoms in total. The van der Waals surface area contributed by atoms with Crippen LogP contribution >= 0.6 is 11.6 Å². The third-order valence-corrected chi connectivity index (χ3v) is 4.46. The Morgan fingerprint density at radius 3 is 2.64 bits per heavy atom. The molecule has 1 saturated heterocycles. The van der Waals surface area contributed by atoms with Gasteiger partial charge in [0.15, 0.2) is 18.1 Å². The first-order chi connectivity index (χ1) is 13.6. The van der Waals surface area contributed by atoms with Crippen molar-refractivity contribution in [1.29, 1.82) is 0 Å². The van der Waals surface area contributed by atoms with Gasteiger partial charge in [0.2, 0.25) is 0 Å². The van der Waals surface area contributed by atoms with E-state index in [1.807, 2.05) is 0 Å². The molecule has 1 N–H and O–H groups in total. The maximum absolute atomic E-state index is 12.5. The zero-order chi connectivity index (χ0) is 19.9. The van der Waals surface area contributed by atoms with Crippen LogP contribution in [0.5, 0.6) is 11.5 Å². The molecule has 1 aliphatic rings. The number of hydrogen-bond acceptors (Lipinski definition) is 5. The fourth-order valence-electron chi connectivity index (χ4n) is 2.74. The number of amides is 2. The smallest absolute Gasteiger partial charge is 0.260 e. The Morgan fingerprint density at radius 2 is 1.93 bits per heavy atom. The second-order valence-corrected chi connectivity index (χ2v) is 6.55. The molecule has 3 rings (SSSR count). The van der Waals surface area contributed by atoms with E-state index in [1.165, 1.54) is 7.11 Å². The SMILES string of the molecule is COc1cc(C(=O)Nc2cccc(Cl)c2)ccc1OCC(=O)N1CCOCC1. The molecule has 2 amide bonds. The van der Waals surface area contributed by atoms with E-state index in [1.54, 1.807) is 47.4 Å². The zero-order valence-electron chi connectivity index (χ0n) is 15.4. The van der Waals surface area contributed by atoms with Gasteiger partial charge in [0, 0.05) is 29.4 Å². The van der Waals surface area contributed by atoms with Crippen molar-refractivity contribution in [3.8, 4) is 11.5 Å². The van der Waals surface area contributed by atoms with E-state index >= 15 is 0 Å². The van der Waals surface area contributed by atoms with Crippen LogP contribution in [-0.4, -0.2) is 56.7 Å². The summed E-state index contributed by atoms with van der Waals surface area (Å²) < 4.78 is 16.2. The van der Waals surface area contributed by atoms with Crippen molar-refractivity contribution in [2.24, 2.45) is 0 Å². The number of anilines is 1. The molecular formula is C20H21ClN2O5. The first kappa shape index (κ1) is 20.0. The van der Waals surface area contributed by atoms with Gasteiger partial charge in [0.05, 0.1) is 20.3 Å². The number of benzene rings is 2. The summed E-state index contributed by atoms with van der Waals surface area (Å²) >= 11 is 5.93. The second-order valence-electron chi connectivity index (χ2n) is 6.11. The van der Waals surface area contributed by atoms with Crippen molar-refractivity contribution in [2.45, 2.75) is 0 Å². The number of halogens is 1. The molecule has 8 heteroatoms. The lowest BCUT2D eigenvalue weighted by atomic mass is 10.2. The predicted octanol–water partition coefficient (Wildman–Crippen LogP) is 2.84. The first-order valence-corrected chi connectivity index (χ1v) is 9.18. The molecular weight excluding hydrogens is 384 g/mol. The molecule has 1 heterocycles. The Balaban J connectivity index is 1.64. The number of ether oxygens (including phenoxy) is 3. The van der Waals surface area contributed by atoms with Crippen molar-refractivity contribution in [1.82, 2.24) is 4.90 Å². The van der Waals surface area contributed by atoms with Gasteiger partial charge >= 0.3 is 0 Å². The van der Waals surface area contributed by atoms with E-state index in [4.69, 9.17) is 25.8 Å². The number of rotatable bonds is 6. The summed E-state index contributed by atoms with van der Waals surface area (Å²) in [5.74, 6) is 0.335. The molecule has 2 aromatic carbocycles. The normalized spacial score (nSPS) is 13.7. The highest BCUT2D eigenvalue weighted by Crippen LogP contribution is 2.28. The standard InChI is InChI=1S/C20H21ClN2O5/c1-26-18-11-14(20(25)22-16-4-2-3-15(21)12-16)5-6-17(18)28-13-19(24)23-7-9-27-10-8-23/h2-6,11-12H,7-10,13H2,1H3,(H,22,25). The highest BCUT2D eigenvalue weighted by molar-refractivity contribution is 6.31. The van der Waals surface area contributed by atoms with Crippen molar-refractivity contribution < 1.29 is 23.8 Å². The maximum atomic E-state index is 12.5. The van der Waals surface area contributed by atoms with Crippen LogP contribution in [0.25, 0.3) is 0 Å². The molecule has 1 fully saturated rings. The van der Waals surface area contributed by atoms with E-state index in [-0.39, 0.29) is 18.4 Å². The fourth-order valence-corrected chi connectivity index (χ4v) is 2.93. The van der Waals surface area contributed by atoms with E-state index in [0.717, 1.165) is 0 Å². The highest BCUT2D eigenvalue weighted by Gasteiger charge is 2.18. The van der Waals surface area contributed by atoms with E-state index in [2.05, 4.69) is 5.32 Å². The van der Waals surface area contributed by atoms with Gasteiger partial charge in [-0.25, -0.2) is 0 Å². The quantitative estimate of drug-likeness (QED) is 0.801.